The Morgan fingerprint density at radius 2 is 2.00 bits per heavy atom. The van der Waals surface area contributed by atoms with Gasteiger partial charge in [-0.1, -0.05) is 36.6 Å². The Bertz CT molecular complexity index is 1140. The first-order valence-electron chi connectivity index (χ1n) is 9.43. The molecule has 1 aliphatic rings. The molecule has 6 heteroatoms. The molecule has 1 N–H and O–H groups in total. The lowest BCUT2D eigenvalue weighted by atomic mass is 9.82. The van der Waals surface area contributed by atoms with E-state index in [0.29, 0.717) is 11.7 Å². The number of H-pyrrole nitrogens is 1. The van der Waals surface area contributed by atoms with Crippen LogP contribution in [0.2, 0.25) is 0 Å². The molecule has 6 nitrogen and oxygen atoms in total. The minimum Gasteiger partial charge on any atom is -0.472 e. The Morgan fingerprint density at radius 1 is 1.15 bits per heavy atom. The zero-order valence-corrected chi connectivity index (χ0v) is 15.2. The normalized spacial score (nSPS) is 15.6. The zero-order chi connectivity index (χ0) is 18.4. The first-order chi connectivity index (χ1) is 13.2. The molecule has 0 unspecified atom stereocenters. The molecule has 27 heavy (non-hydrogen) atoms. The highest BCUT2D eigenvalue weighted by atomic mass is 16.5. The van der Waals surface area contributed by atoms with E-state index in [1.807, 2.05) is 18.4 Å². The van der Waals surface area contributed by atoms with E-state index >= 15 is 0 Å². The Labute approximate surface area is 155 Å². The second-order valence-corrected chi connectivity index (χ2v) is 7.34. The maximum Gasteiger partial charge on any atom is 0.439 e. The summed E-state index contributed by atoms with van der Waals surface area (Å²) >= 11 is 0. The Hall–Kier alpha value is -3.02. The van der Waals surface area contributed by atoms with E-state index in [9.17, 15) is 4.79 Å². The molecule has 3 heterocycles. The maximum atomic E-state index is 11.3. The smallest absolute Gasteiger partial charge is 0.439 e. The van der Waals surface area contributed by atoms with E-state index in [0.717, 1.165) is 16.6 Å². The van der Waals surface area contributed by atoms with Crippen molar-refractivity contribution in [2.75, 3.05) is 0 Å². The number of hydrogen-bond donors (Lipinski definition) is 1. The van der Waals surface area contributed by atoms with Gasteiger partial charge < -0.3 is 8.98 Å². The Balaban J connectivity index is 1.75. The van der Waals surface area contributed by atoms with Crippen LogP contribution in [0.15, 0.2) is 50.5 Å². The van der Waals surface area contributed by atoms with Gasteiger partial charge >= 0.3 is 5.76 Å². The van der Waals surface area contributed by atoms with E-state index in [4.69, 9.17) is 4.42 Å². The number of aromatic amines is 1. The molecule has 1 aliphatic carbocycles. The first kappa shape index (κ1) is 16.2. The summed E-state index contributed by atoms with van der Waals surface area (Å²) < 4.78 is 12.3. The number of furan rings is 1. The number of aromatic nitrogens is 3. The third kappa shape index (κ3) is 2.63. The summed E-state index contributed by atoms with van der Waals surface area (Å²) in [5.74, 6) is 0.469. The lowest BCUT2D eigenvalue weighted by molar-refractivity contribution is 0.388. The Kier molecular flexibility index (Phi) is 3.77. The van der Waals surface area contributed by atoms with Gasteiger partial charge in [-0.05, 0) is 36.5 Å². The van der Waals surface area contributed by atoms with Crippen LogP contribution in [0.5, 0.6) is 0 Å². The molecular formula is C21H21N3O3. The Morgan fingerprint density at radius 3 is 2.70 bits per heavy atom. The van der Waals surface area contributed by atoms with E-state index < -0.39 is 5.76 Å². The monoisotopic (exact) mass is 363 g/mol. The van der Waals surface area contributed by atoms with Gasteiger partial charge in [0.1, 0.15) is 0 Å². The van der Waals surface area contributed by atoms with Gasteiger partial charge in [-0.15, -0.1) is 0 Å². The van der Waals surface area contributed by atoms with E-state index in [1.165, 1.54) is 48.7 Å². The minimum atomic E-state index is -0.543. The molecule has 0 spiro atoms. The van der Waals surface area contributed by atoms with Gasteiger partial charge in [0.2, 0.25) is 0 Å². The van der Waals surface area contributed by atoms with E-state index in [2.05, 4.69) is 38.4 Å². The molecule has 1 fully saturated rings. The molecular weight excluding hydrogens is 342 g/mol. The molecule has 0 radical (unpaired) electrons. The molecule has 1 saturated carbocycles. The maximum absolute atomic E-state index is 11.3. The third-order valence-electron chi connectivity index (χ3n) is 5.76. The van der Waals surface area contributed by atoms with Crippen LogP contribution in [-0.2, 0) is 7.05 Å². The molecule has 138 valence electrons. The van der Waals surface area contributed by atoms with Gasteiger partial charge in [-0.25, -0.2) is 4.79 Å². The highest BCUT2D eigenvalue weighted by Gasteiger charge is 2.26. The lowest BCUT2D eigenvalue weighted by Crippen LogP contribution is -2.06. The van der Waals surface area contributed by atoms with Gasteiger partial charge in [0.15, 0.2) is 5.82 Å². The van der Waals surface area contributed by atoms with Gasteiger partial charge in [-0.2, -0.15) is 0 Å². The topological polar surface area (TPSA) is 77.0 Å². The average Bonchev–Trinajstić information content (AvgIpc) is 3.42. The molecule has 3 aromatic heterocycles. The number of benzene rings is 1. The molecule has 1 aromatic carbocycles. The van der Waals surface area contributed by atoms with Crippen molar-refractivity contribution in [1.29, 1.82) is 0 Å². The lowest BCUT2D eigenvalue weighted by Gasteiger charge is -2.23. The second kappa shape index (κ2) is 6.30. The summed E-state index contributed by atoms with van der Waals surface area (Å²) in [7, 11) is 2.09. The molecule has 4 aromatic rings. The van der Waals surface area contributed by atoms with Crippen molar-refractivity contribution in [3.05, 3.63) is 52.9 Å². The van der Waals surface area contributed by atoms with E-state index in [1.54, 1.807) is 6.26 Å². The van der Waals surface area contributed by atoms with Crippen molar-refractivity contribution in [3.63, 3.8) is 0 Å². The number of nitrogens with one attached hydrogen (secondary N) is 1. The summed E-state index contributed by atoms with van der Waals surface area (Å²) in [4.78, 5) is 13.9. The number of hydrogen-bond acceptors (Lipinski definition) is 4. The van der Waals surface area contributed by atoms with Gasteiger partial charge in [0, 0.05) is 29.1 Å². The highest BCUT2D eigenvalue weighted by Crippen LogP contribution is 2.44. The predicted molar refractivity (Wildman–Crippen MR) is 103 cm³/mol. The van der Waals surface area contributed by atoms with Crippen molar-refractivity contribution in [3.8, 4) is 22.6 Å². The molecule has 0 amide bonds. The fraction of sp³-hybridized carbons (Fsp3) is 0.333. The quantitative estimate of drug-likeness (QED) is 0.565. The van der Waals surface area contributed by atoms with Crippen molar-refractivity contribution in [2.45, 2.75) is 38.0 Å². The van der Waals surface area contributed by atoms with Crippen molar-refractivity contribution in [2.24, 2.45) is 7.05 Å². The van der Waals surface area contributed by atoms with Crippen molar-refractivity contribution >= 4 is 10.9 Å². The second-order valence-electron chi connectivity index (χ2n) is 7.34. The SMILES string of the molecule is Cn1c(-c2ccoc2)c(C2CCCCC2)c2ccc(-c3noc(=O)[nH]3)cc21. The van der Waals surface area contributed by atoms with Crippen molar-refractivity contribution in [1.82, 2.24) is 14.7 Å². The largest absolute Gasteiger partial charge is 0.472 e. The van der Waals surface area contributed by atoms with Gasteiger partial charge in [-0.3, -0.25) is 9.51 Å². The number of aryl methyl sites for hydroxylation is 1. The van der Waals surface area contributed by atoms with Crippen LogP contribution in [0, 0.1) is 0 Å². The predicted octanol–water partition coefficient (Wildman–Crippen LogP) is 4.83. The van der Waals surface area contributed by atoms with E-state index in [-0.39, 0.29) is 0 Å². The first-order valence-corrected chi connectivity index (χ1v) is 9.43. The molecule has 0 atom stereocenters. The van der Waals surface area contributed by atoms with Crippen LogP contribution in [0.4, 0.5) is 0 Å². The average molecular weight is 363 g/mol. The number of rotatable bonds is 3. The van der Waals surface area contributed by atoms with Crippen LogP contribution in [0.3, 0.4) is 0 Å². The van der Waals surface area contributed by atoms with Gasteiger partial charge in [0.05, 0.1) is 18.2 Å². The van der Waals surface area contributed by atoms with Crippen molar-refractivity contribution < 1.29 is 8.94 Å². The van der Waals surface area contributed by atoms with Crippen LogP contribution in [0.1, 0.15) is 43.6 Å². The molecule has 0 saturated heterocycles. The minimum absolute atomic E-state index is 0.451. The fourth-order valence-electron chi connectivity index (χ4n) is 4.52. The summed E-state index contributed by atoms with van der Waals surface area (Å²) in [5.41, 5.74) is 5.69. The molecule has 0 bridgehead atoms. The number of fused-ring (bicyclic) bond motifs is 1. The third-order valence-corrected chi connectivity index (χ3v) is 5.76. The van der Waals surface area contributed by atoms with Crippen LogP contribution in [-0.4, -0.2) is 14.7 Å². The summed E-state index contributed by atoms with van der Waals surface area (Å²) in [6.45, 7) is 0. The van der Waals surface area contributed by atoms with Crippen LogP contribution in [0.25, 0.3) is 33.5 Å². The fourth-order valence-corrected chi connectivity index (χ4v) is 4.52. The van der Waals surface area contributed by atoms with Gasteiger partial charge in [0.25, 0.3) is 0 Å². The summed E-state index contributed by atoms with van der Waals surface area (Å²) in [6, 6.07) is 8.24. The van der Waals surface area contributed by atoms with Crippen LogP contribution < -0.4 is 5.76 Å². The highest BCUT2D eigenvalue weighted by molar-refractivity contribution is 5.94. The standard InChI is InChI=1S/C21H21N3O3/c1-24-17-11-14(20-22-21(25)27-23-20)7-8-16(17)18(13-5-3-2-4-6-13)19(24)15-9-10-26-12-15/h7-13H,2-6H2,1H3,(H,22,23,25). The van der Waals surface area contributed by atoms with Crippen LogP contribution >= 0.6 is 0 Å². The number of nitrogens with zero attached hydrogens (tertiary/aromatic N) is 2. The summed E-state index contributed by atoms with van der Waals surface area (Å²) in [6.07, 6.45) is 9.88. The molecule has 5 rings (SSSR count). The summed E-state index contributed by atoms with van der Waals surface area (Å²) in [5, 5.41) is 5.08. The zero-order valence-electron chi connectivity index (χ0n) is 15.2. The molecule has 0 aliphatic heterocycles.